The van der Waals surface area contributed by atoms with Gasteiger partial charge in [-0.25, -0.2) is 0 Å². The summed E-state index contributed by atoms with van der Waals surface area (Å²) in [5, 5.41) is 11.6. The SMILES string of the molecule is CCOc1cccc(C2/C(=C(\O)c3cc(C(C)(C)C)ccc3C)C(=O)C(=O)N2Cc2ccco2)c1. The number of Topliss-reactive ketones (excluding diaryl/α,β-unsaturated/α-hetero) is 1. The maximum atomic E-state index is 13.4. The number of hydrogen-bond donors (Lipinski definition) is 1. The Morgan fingerprint density at radius 2 is 1.86 bits per heavy atom. The Hall–Kier alpha value is -3.80. The number of hydrogen-bond acceptors (Lipinski definition) is 5. The van der Waals surface area contributed by atoms with Crippen LogP contribution in [0.4, 0.5) is 0 Å². The van der Waals surface area contributed by atoms with E-state index in [9.17, 15) is 14.7 Å². The minimum Gasteiger partial charge on any atom is -0.507 e. The van der Waals surface area contributed by atoms with Crippen LogP contribution in [0.3, 0.4) is 0 Å². The molecule has 0 bridgehead atoms. The molecule has 2 aromatic carbocycles. The molecular weight excluding hydrogens is 442 g/mol. The van der Waals surface area contributed by atoms with Crippen LogP contribution in [-0.4, -0.2) is 28.3 Å². The Balaban J connectivity index is 1.91. The average molecular weight is 474 g/mol. The molecule has 1 fully saturated rings. The van der Waals surface area contributed by atoms with Gasteiger partial charge in [0, 0.05) is 5.56 Å². The number of rotatable bonds is 6. The zero-order valence-corrected chi connectivity index (χ0v) is 20.8. The van der Waals surface area contributed by atoms with Crippen molar-refractivity contribution < 1.29 is 23.8 Å². The monoisotopic (exact) mass is 473 g/mol. The fourth-order valence-electron chi connectivity index (χ4n) is 4.39. The summed E-state index contributed by atoms with van der Waals surface area (Å²) in [5.41, 5.74) is 2.95. The molecule has 6 heteroatoms. The second-order valence-corrected chi connectivity index (χ2v) is 9.79. The molecule has 1 saturated heterocycles. The lowest BCUT2D eigenvalue weighted by Crippen LogP contribution is -2.29. The van der Waals surface area contributed by atoms with E-state index >= 15 is 0 Å². The summed E-state index contributed by atoms with van der Waals surface area (Å²) in [6.45, 7) is 10.6. The molecule has 182 valence electrons. The van der Waals surface area contributed by atoms with E-state index in [-0.39, 0.29) is 23.3 Å². The highest BCUT2D eigenvalue weighted by atomic mass is 16.5. The molecule has 3 aromatic rings. The highest BCUT2D eigenvalue weighted by Gasteiger charge is 2.46. The molecule has 1 unspecified atom stereocenters. The number of aliphatic hydroxyl groups excluding tert-OH is 1. The average Bonchev–Trinajstić information content (AvgIpc) is 3.41. The first-order valence-electron chi connectivity index (χ1n) is 11.8. The lowest BCUT2D eigenvalue weighted by molar-refractivity contribution is -0.140. The molecule has 6 nitrogen and oxygen atoms in total. The van der Waals surface area contributed by atoms with Crippen molar-refractivity contribution in [1.29, 1.82) is 0 Å². The number of ketones is 1. The zero-order valence-electron chi connectivity index (χ0n) is 20.8. The van der Waals surface area contributed by atoms with Gasteiger partial charge < -0.3 is 19.2 Å². The molecule has 35 heavy (non-hydrogen) atoms. The van der Waals surface area contributed by atoms with Crippen molar-refractivity contribution in [3.63, 3.8) is 0 Å². The number of benzene rings is 2. The molecular formula is C29H31NO5. The standard InChI is InChI=1S/C29H31NO5/c1-6-34-21-10-7-9-19(15-21)25-24(27(32)28(33)30(25)17-22-11-8-14-35-22)26(31)23-16-20(29(3,4)5)13-12-18(23)2/h7-16,25,31H,6,17H2,1-5H3/b26-24+. The van der Waals surface area contributed by atoms with Crippen molar-refractivity contribution in [1.82, 2.24) is 4.90 Å². The van der Waals surface area contributed by atoms with Gasteiger partial charge in [0.05, 0.1) is 31.0 Å². The Labute approximate surface area is 205 Å². The summed E-state index contributed by atoms with van der Waals surface area (Å²) in [5.74, 6) is -0.412. The number of nitrogens with zero attached hydrogens (tertiary/aromatic N) is 1. The van der Waals surface area contributed by atoms with Crippen LogP contribution in [-0.2, 0) is 21.5 Å². The molecule has 2 heterocycles. The number of ether oxygens (including phenoxy) is 1. The molecule has 1 atom stereocenters. The number of aliphatic hydroxyl groups is 1. The highest BCUT2D eigenvalue weighted by molar-refractivity contribution is 6.46. The largest absolute Gasteiger partial charge is 0.507 e. The third-order valence-electron chi connectivity index (χ3n) is 6.29. The Bertz CT molecular complexity index is 1280. The molecule has 1 amide bonds. The van der Waals surface area contributed by atoms with Crippen LogP contribution in [0.2, 0.25) is 0 Å². The fraction of sp³-hybridized carbons (Fsp3) is 0.310. The second-order valence-electron chi connectivity index (χ2n) is 9.79. The second kappa shape index (κ2) is 9.45. The number of amides is 1. The maximum absolute atomic E-state index is 13.4. The van der Waals surface area contributed by atoms with Crippen LogP contribution in [0, 0.1) is 6.92 Å². The normalized spacial score (nSPS) is 17.7. The lowest BCUT2D eigenvalue weighted by Gasteiger charge is -2.25. The van der Waals surface area contributed by atoms with Gasteiger partial charge in [-0.15, -0.1) is 0 Å². The quantitative estimate of drug-likeness (QED) is 0.274. The fourth-order valence-corrected chi connectivity index (χ4v) is 4.39. The van der Waals surface area contributed by atoms with Crippen LogP contribution in [0.1, 0.15) is 61.8 Å². The molecule has 1 aliphatic rings. The topological polar surface area (TPSA) is 80.0 Å². The Kier molecular flexibility index (Phi) is 6.57. The van der Waals surface area contributed by atoms with Gasteiger partial charge in [0.15, 0.2) is 0 Å². The molecule has 1 N–H and O–H groups in total. The summed E-state index contributed by atoms with van der Waals surface area (Å²) in [6.07, 6.45) is 1.53. The summed E-state index contributed by atoms with van der Waals surface area (Å²) < 4.78 is 11.1. The number of likely N-dealkylation sites (tertiary alicyclic amines) is 1. The minimum absolute atomic E-state index is 0.0596. The predicted molar refractivity (Wildman–Crippen MR) is 134 cm³/mol. The Morgan fingerprint density at radius 1 is 1.09 bits per heavy atom. The number of furan rings is 1. The zero-order chi connectivity index (χ0) is 25.3. The number of carbonyl (C=O) groups excluding carboxylic acids is 2. The number of aryl methyl sites for hydroxylation is 1. The molecule has 4 rings (SSSR count). The van der Waals surface area contributed by atoms with E-state index in [1.54, 1.807) is 18.2 Å². The van der Waals surface area contributed by atoms with Gasteiger partial charge in [-0.1, -0.05) is 45.0 Å². The van der Waals surface area contributed by atoms with Crippen molar-refractivity contribution in [2.24, 2.45) is 0 Å². The van der Waals surface area contributed by atoms with E-state index in [0.29, 0.717) is 29.2 Å². The molecule has 0 spiro atoms. The van der Waals surface area contributed by atoms with Crippen molar-refractivity contribution in [2.45, 2.75) is 52.6 Å². The molecule has 0 aliphatic carbocycles. The summed E-state index contributed by atoms with van der Waals surface area (Å²) >= 11 is 0. The van der Waals surface area contributed by atoms with Crippen molar-refractivity contribution in [3.05, 3.63) is 94.4 Å². The summed E-state index contributed by atoms with van der Waals surface area (Å²) in [4.78, 5) is 28.1. The van der Waals surface area contributed by atoms with Crippen molar-refractivity contribution in [3.8, 4) is 5.75 Å². The van der Waals surface area contributed by atoms with Gasteiger partial charge in [-0.3, -0.25) is 9.59 Å². The van der Waals surface area contributed by atoms with Crippen LogP contribution in [0.25, 0.3) is 5.76 Å². The van der Waals surface area contributed by atoms with Gasteiger partial charge in [0.25, 0.3) is 11.7 Å². The van der Waals surface area contributed by atoms with Crippen LogP contribution >= 0.6 is 0 Å². The minimum atomic E-state index is -0.793. The van der Waals surface area contributed by atoms with Gasteiger partial charge in [0.2, 0.25) is 0 Å². The Morgan fingerprint density at radius 3 is 2.51 bits per heavy atom. The molecule has 1 aliphatic heterocycles. The van der Waals surface area contributed by atoms with Gasteiger partial charge in [0.1, 0.15) is 17.3 Å². The first-order chi connectivity index (χ1) is 16.6. The van der Waals surface area contributed by atoms with E-state index < -0.39 is 17.7 Å². The lowest BCUT2D eigenvalue weighted by atomic mass is 9.84. The van der Waals surface area contributed by atoms with Gasteiger partial charge in [-0.05, 0) is 66.3 Å². The predicted octanol–water partition coefficient (Wildman–Crippen LogP) is 5.91. The van der Waals surface area contributed by atoms with E-state index in [1.165, 1.54) is 11.2 Å². The first kappa shape index (κ1) is 24.3. The molecule has 0 radical (unpaired) electrons. The van der Waals surface area contributed by atoms with E-state index in [4.69, 9.17) is 9.15 Å². The van der Waals surface area contributed by atoms with Crippen LogP contribution in [0.5, 0.6) is 5.75 Å². The van der Waals surface area contributed by atoms with Crippen molar-refractivity contribution in [2.75, 3.05) is 6.61 Å². The van der Waals surface area contributed by atoms with Crippen LogP contribution < -0.4 is 4.74 Å². The maximum Gasteiger partial charge on any atom is 0.296 e. The third kappa shape index (κ3) is 4.74. The van der Waals surface area contributed by atoms with E-state index in [0.717, 1.165) is 11.1 Å². The summed E-state index contributed by atoms with van der Waals surface area (Å²) in [6, 6.07) is 15.8. The van der Waals surface area contributed by atoms with Crippen LogP contribution in [0.15, 0.2) is 70.9 Å². The van der Waals surface area contributed by atoms with E-state index in [1.807, 2.05) is 50.2 Å². The smallest absolute Gasteiger partial charge is 0.296 e. The van der Waals surface area contributed by atoms with Gasteiger partial charge in [-0.2, -0.15) is 0 Å². The molecule has 1 aromatic heterocycles. The van der Waals surface area contributed by atoms with Gasteiger partial charge >= 0.3 is 0 Å². The first-order valence-corrected chi connectivity index (χ1v) is 11.8. The third-order valence-corrected chi connectivity index (χ3v) is 6.29. The highest BCUT2D eigenvalue weighted by Crippen LogP contribution is 2.42. The number of carbonyl (C=O) groups is 2. The molecule has 0 saturated carbocycles. The summed E-state index contributed by atoms with van der Waals surface area (Å²) in [7, 11) is 0. The van der Waals surface area contributed by atoms with Crippen molar-refractivity contribution >= 4 is 17.4 Å². The van der Waals surface area contributed by atoms with E-state index in [2.05, 4.69) is 20.8 Å².